The molecule has 1 saturated heterocycles. The van der Waals surface area contributed by atoms with E-state index in [4.69, 9.17) is 0 Å². The van der Waals surface area contributed by atoms with E-state index in [0.29, 0.717) is 6.54 Å². The lowest BCUT2D eigenvalue weighted by atomic mass is 10.1. The van der Waals surface area contributed by atoms with Crippen molar-refractivity contribution < 1.29 is 4.79 Å². The Kier molecular flexibility index (Phi) is 3.75. The van der Waals surface area contributed by atoms with Gasteiger partial charge in [0.15, 0.2) is 0 Å². The van der Waals surface area contributed by atoms with E-state index in [1.54, 1.807) is 19.0 Å². The number of piperazine rings is 1. The van der Waals surface area contributed by atoms with E-state index in [-0.39, 0.29) is 11.9 Å². The number of rotatable bonds is 2. The SMILES string of the molecule is CN(C)C(=O)C1CNCCN1c1nccc2ccccc12. The van der Waals surface area contributed by atoms with Gasteiger partial charge in [0.05, 0.1) is 0 Å². The summed E-state index contributed by atoms with van der Waals surface area (Å²) < 4.78 is 0. The van der Waals surface area contributed by atoms with Crippen molar-refractivity contribution in [1.82, 2.24) is 15.2 Å². The van der Waals surface area contributed by atoms with E-state index >= 15 is 0 Å². The zero-order chi connectivity index (χ0) is 14.8. The van der Waals surface area contributed by atoms with Crippen LogP contribution in [0.15, 0.2) is 36.5 Å². The summed E-state index contributed by atoms with van der Waals surface area (Å²) in [7, 11) is 3.59. The van der Waals surface area contributed by atoms with Gasteiger partial charge in [0.1, 0.15) is 11.9 Å². The number of fused-ring (bicyclic) bond motifs is 1. The Bertz CT molecular complexity index is 650. The third-order valence-corrected chi connectivity index (χ3v) is 3.89. The molecule has 1 aromatic heterocycles. The summed E-state index contributed by atoms with van der Waals surface area (Å²) in [6.45, 7) is 2.30. The molecule has 1 amide bonds. The highest BCUT2D eigenvalue weighted by atomic mass is 16.2. The number of pyridine rings is 1. The van der Waals surface area contributed by atoms with Crippen molar-refractivity contribution in [3.05, 3.63) is 36.5 Å². The lowest BCUT2D eigenvalue weighted by molar-refractivity contribution is -0.130. The molecule has 3 rings (SSSR count). The highest BCUT2D eigenvalue weighted by Crippen LogP contribution is 2.26. The fourth-order valence-corrected chi connectivity index (χ4v) is 2.81. The Hall–Kier alpha value is -2.14. The minimum absolute atomic E-state index is 0.108. The van der Waals surface area contributed by atoms with Gasteiger partial charge < -0.3 is 15.1 Å². The normalized spacial score (nSPS) is 18.8. The van der Waals surface area contributed by atoms with Gasteiger partial charge in [-0.1, -0.05) is 24.3 Å². The maximum absolute atomic E-state index is 12.4. The molecule has 21 heavy (non-hydrogen) atoms. The molecule has 1 aromatic carbocycles. The molecule has 1 aliphatic heterocycles. The van der Waals surface area contributed by atoms with Crippen molar-refractivity contribution in [3.8, 4) is 0 Å². The minimum Gasteiger partial charge on any atom is -0.347 e. The van der Waals surface area contributed by atoms with Gasteiger partial charge in [-0.2, -0.15) is 0 Å². The number of benzene rings is 1. The summed E-state index contributed by atoms with van der Waals surface area (Å²) in [5.41, 5.74) is 0. The van der Waals surface area contributed by atoms with E-state index in [1.165, 1.54) is 0 Å². The smallest absolute Gasteiger partial charge is 0.246 e. The first kappa shape index (κ1) is 13.8. The largest absolute Gasteiger partial charge is 0.347 e. The van der Waals surface area contributed by atoms with E-state index in [1.807, 2.05) is 24.4 Å². The number of likely N-dealkylation sites (N-methyl/N-ethyl adjacent to an activating group) is 1. The average Bonchev–Trinajstić information content (AvgIpc) is 2.53. The van der Waals surface area contributed by atoms with Crippen molar-refractivity contribution in [1.29, 1.82) is 0 Å². The molecule has 110 valence electrons. The topological polar surface area (TPSA) is 48.5 Å². The number of aromatic nitrogens is 1. The molecule has 5 heteroatoms. The number of carbonyl (C=O) groups is 1. The highest BCUT2D eigenvalue weighted by molar-refractivity contribution is 5.94. The van der Waals surface area contributed by atoms with E-state index < -0.39 is 0 Å². The van der Waals surface area contributed by atoms with Gasteiger partial charge in [-0.15, -0.1) is 0 Å². The first-order chi connectivity index (χ1) is 10.2. The van der Waals surface area contributed by atoms with Crippen LogP contribution in [0.1, 0.15) is 0 Å². The summed E-state index contributed by atoms with van der Waals surface area (Å²) in [6.07, 6.45) is 1.82. The standard InChI is InChI=1S/C16H20N4O/c1-19(2)16(21)14-11-17-9-10-20(14)15-13-6-4-3-5-12(13)7-8-18-15/h3-8,14,17H,9-11H2,1-2H3. The first-order valence-corrected chi connectivity index (χ1v) is 7.21. The van der Waals surface area contributed by atoms with Crippen LogP contribution in [0.4, 0.5) is 5.82 Å². The second kappa shape index (κ2) is 5.69. The van der Waals surface area contributed by atoms with Gasteiger partial charge in [-0.25, -0.2) is 4.98 Å². The molecule has 2 heterocycles. The molecular weight excluding hydrogens is 264 g/mol. The summed E-state index contributed by atoms with van der Waals surface area (Å²) in [6, 6.07) is 9.98. The molecule has 5 nitrogen and oxygen atoms in total. The van der Waals surface area contributed by atoms with Crippen LogP contribution >= 0.6 is 0 Å². The van der Waals surface area contributed by atoms with Crippen LogP contribution in [-0.2, 0) is 4.79 Å². The zero-order valence-electron chi connectivity index (χ0n) is 12.4. The Labute approximate surface area is 124 Å². The van der Waals surface area contributed by atoms with E-state index in [2.05, 4.69) is 27.3 Å². The van der Waals surface area contributed by atoms with E-state index in [0.717, 1.165) is 29.7 Å². The second-order valence-electron chi connectivity index (χ2n) is 5.50. The quantitative estimate of drug-likeness (QED) is 0.897. The molecule has 0 spiro atoms. The van der Waals surface area contributed by atoms with Crippen LogP contribution in [0.2, 0.25) is 0 Å². The molecule has 0 saturated carbocycles. The number of amides is 1. The molecule has 1 fully saturated rings. The van der Waals surface area contributed by atoms with Crippen LogP contribution in [0.3, 0.4) is 0 Å². The first-order valence-electron chi connectivity index (χ1n) is 7.21. The van der Waals surface area contributed by atoms with Gasteiger partial charge in [0.2, 0.25) is 5.91 Å². The molecule has 0 radical (unpaired) electrons. The van der Waals surface area contributed by atoms with Crippen molar-refractivity contribution in [2.45, 2.75) is 6.04 Å². The van der Waals surface area contributed by atoms with Crippen molar-refractivity contribution >= 4 is 22.5 Å². The van der Waals surface area contributed by atoms with Crippen LogP contribution < -0.4 is 10.2 Å². The van der Waals surface area contributed by atoms with Crippen LogP contribution in [-0.4, -0.2) is 55.6 Å². The van der Waals surface area contributed by atoms with Crippen molar-refractivity contribution in [2.75, 3.05) is 38.6 Å². The second-order valence-corrected chi connectivity index (χ2v) is 5.50. The summed E-state index contributed by atoms with van der Waals surface area (Å²) in [4.78, 5) is 20.8. The van der Waals surface area contributed by atoms with Crippen LogP contribution in [0.25, 0.3) is 10.8 Å². The Morgan fingerprint density at radius 1 is 1.33 bits per heavy atom. The molecule has 2 aromatic rings. The van der Waals surface area contributed by atoms with Crippen molar-refractivity contribution in [3.63, 3.8) is 0 Å². The summed E-state index contributed by atoms with van der Waals surface area (Å²) in [5, 5.41) is 5.55. The van der Waals surface area contributed by atoms with Crippen molar-refractivity contribution in [2.24, 2.45) is 0 Å². The lowest BCUT2D eigenvalue weighted by Gasteiger charge is -2.37. The Balaban J connectivity index is 2.04. The predicted octanol–water partition coefficient (Wildman–Crippen LogP) is 1.10. The van der Waals surface area contributed by atoms with Gasteiger partial charge in [-0.05, 0) is 11.5 Å². The average molecular weight is 284 g/mol. The molecular formula is C16H20N4O. The molecule has 0 bridgehead atoms. The minimum atomic E-state index is -0.202. The summed E-state index contributed by atoms with van der Waals surface area (Å²) in [5.74, 6) is 1.01. The fourth-order valence-electron chi connectivity index (χ4n) is 2.81. The predicted molar refractivity (Wildman–Crippen MR) is 84.4 cm³/mol. The molecule has 1 N–H and O–H groups in total. The third-order valence-electron chi connectivity index (χ3n) is 3.89. The van der Waals surface area contributed by atoms with Gasteiger partial charge in [0, 0.05) is 45.3 Å². The third kappa shape index (κ3) is 2.56. The zero-order valence-corrected chi connectivity index (χ0v) is 12.4. The maximum atomic E-state index is 12.4. The number of hydrogen-bond acceptors (Lipinski definition) is 4. The number of carbonyl (C=O) groups excluding carboxylic acids is 1. The molecule has 0 aliphatic carbocycles. The number of anilines is 1. The van der Waals surface area contributed by atoms with Gasteiger partial charge in [0.25, 0.3) is 0 Å². The fraction of sp³-hybridized carbons (Fsp3) is 0.375. The van der Waals surface area contributed by atoms with Crippen LogP contribution in [0.5, 0.6) is 0 Å². The Morgan fingerprint density at radius 3 is 2.95 bits per heavy atom. The number of nitrogens with one attached hydrogen (secondary N) is 1. The summed E-state index contributed by atoms with van der Waals surface area (Å²) >= 11 is 0. The highest BCUT2D eigenvalue weighted by Gasteiger charge is 2.31. The Morgan fingerprint density at radius 2 is 2.14 bits per heavy atom. The molecule has 1 aliphatic rings. The number of nitrogens with zero attached hydrogens (tertiary/aromatic N) is 3. The van der Waals surface area contributed by atoms with Gasteiger partial charge >= 0.3 is 0 Å². The maximum Gasteiger partial charge on any atom is 0.246 e. The molecule has 1 atom stereocenters. The van der Waals surface area contributed by atoms with Crippen LogP contribution in [0, 0.1) is 0 Å². The lowest BCUT2D eigenvalue weighted by Crippen LogP contribution is -2.58. The molecule has 1 unspecified atom stereocenters. The number of hydrogen-bond donors (Lipinski definition) is 1. The van der Waals surface area contributed by atoms with Gasteiger partial charge in [-0.3, -0.25) is 4.79 Å². The van der Waals surface area contributed by atoms with E-state index in [9.17, 15) is 4.79 Å². The monoisotopic (exact) mass is 284 g/mol.